The molecule has 1 saturated heterocycles. The van der Waals surface area contributed by atoms with E-state index in [1.165, 1.54) is 12.8 Å². The largest absolute Gasteiger partial charge is 0.317 e. The molecule has 0 spiro atoms. The highest BCUT2D eigenvalue weighted by Gasteiger charge is 2.18. The van der Waals surface area contributed by atoms with Gasteiger partial charge >= 0.3 is 0 Å². The maximum absolute atomic E-state index is 12.0. The smallest absolute Gasteiger partial charge is 0.211 e. The van der Waals surface area contributed by atoms with E-state index in [4.69, 9.17) is 0 Å². The van der Waals surface area contributed by atoms with E-state index >= 15 is 0 Å². The maximum Gasteiger partial charge on any atom is 0.211 e. The molecular weight excluding hydrogens is 274 g/mol. The highest BCUT2D eigenvalue weighted by atomic mass is 32.2. The molecule has 1 aliphatic heterocycles. The molecule has 20 heavy (non-hydrogen) atoms. The normalized spacial score (nSPS) is 18.5. The quantitative estimate of drug-likeness (QED) is 0.563. The first-order valence-corrected chi connectivity index (χ1v) is 9.62. The van der Waals surface area contributed by atoms with Gasteiger partial charge in [0.2, 0.25) is 10.0 Å². The van der Waals surface area contributed by atoms with Gasteiger partial charge in [-0.05, 0) is 65.2 Å². The van der Waals surface area contributed by atoms with E-state index in [9.17, 15) is 8.42 Å². The monoisotopic (exact) mass is 305 g/mol. The second kappa shape index (κ2) is 9.71. The molecule has 1 atom stereocenters. The zero-order chi connectivity index (χ0) is 14.8. The minimum Gasteiger partial charge on any atom is -0.317 e. The molecule has 6 heteroatoms. The predicted octanol–water partition coefficient (Wildman–Crippen LogP) is 1.17. The Hall–Kier alpha value is -0.170. The maximum atomic E-state index is 12.0. The van der Waals surface area contributed by atoms with Crippen molar-refractivity contribution in [3.05, 3.63) is 0 Å². The second-order valence-electron chi connectivity index (χ2n) is 5.80. The van der Waals surface area contributed by atoms with Crippen molar-refractivity contribution in [1.29, 1.82) is 0 Å². The molecule has 1 fully saturated rings. The molecule has 1 rings (SSSR count). The molecular formula is C14H31N3O2S. The molecule has 0 aliphatic carbocycles. The third-order valence-electron chi connectivity index (χ3n) is 3.55. The van der Waals surface area contributed by atoms with E-state index in [0.717, 1.165) is 52.0 Å². The Morgan fingerprint density at radius 2 is 1.85 bits per heavy atom. The van der Waals surface area contributed by atoms with E-state index < -0.39 is 10.0 Å². The molecule has 1 unspecified atom stereocenters. The van der Waals surface area contributed by atoms with Gasteiger partial charge in [-0.1, -0.05) is 6.92 Å². The minimum atomic E-state index is -3.12. The van der Waals surface area contributed by atoms with E-state index in [-0.39, 0.29) is 11.8 Å². The zero-order valence-corrected chi connectivity index (χ0v) is 13.8. The summed E-state index contributed by atoms with van der Waals surface area (Å²) in [5.41, 5.74) is 0. The summed E-state index contributed by atoms with van der Waals surface area (Å²) in [6, 6.07) is 0.0105. The summed E-state index contributed by atoms with van der Waals surface area (Å²) in [5, 5.41) is 3.29. The Morgan fingerprint density at radius 3 is 2.50 bits per heavy atom. The van der Waals surface area contributed by atoms with Crippen LogP contribution in [0.2, 0.25) is 0 Å². The summed E-state index contributed by atoms with van der Waals surface area (Å²) in [6.45, 7) is 9.05. The van der Waals surface area contributed by atoms with Gasteiger partial charge in [0.1, 0.15) is 0 Å². The fraction of sp³-hybridized carbons (Fsp3) is 1.00. The second-order valence-corrected chi connectivity index (χ2v) is 7.68. The Bertz CT molecular complexity index is 340. The standard InChI is InChI=1S/C14H31N3O2S/c1-3-8-15-9-4-7-12-20(18,19)16-14(2)13-17-10-5-6-11-17/h14-16H,3-13H2,1-2H3. The van der Waals surface area contributed by atoms with Crippen molar-refractivity contribution in [2.24, 2.45) is 0 Å². The third kappa shape index (κ3) is 8.19. The van der Waals surface area contributed by atoms with Crippen LogP contribution in [0.3, 0.4) is 0 Å². The number of hydrogen-bond donors (Lipinski definition) is 2. The average molecular weight is 305 g/mol. The van der Waals surface area contributed by atoms with Crippen LogP contribution in [0.25, 0.3) is 0 Å². The van der Waals surface area contributed by atoms with Gasteiger partial charge in [0.15, 0.2) is 0 Å². The Kier molecular flexibility index (Phi) is 8.68. The van der Waals surface area contributed by atoms with E-state index in [1.54, 1.807) is 0 Å². The molecule has 0 saturated carbocycles. The van der Waals surface area contributed by atoms with Crippen LogP contribution in [0.5, 0.6) is 0 Å². The number of rotatable bonds is 11. The van der Waals surface area contributed by atoms with Crippen LogP contribution >= 0.6 is 0 Å². The summed E-state index contributed by atoms with van der Waals surface area (Å²) in [4.78, 5) is 2.34. The van der Waals surface area contributed by atoms with Crippen molar-refractivity contribution >= 4 is 10.0 Å². The van der Waals surface area contributed by atoms with Gasteiger partial charge in [0, 0.05) is 12.6 Å². The summed E-state index contributed by atoms with van der Waals surface area (Å²) in [6.07, 6.45) is 5.24. The number of likely N-dealkylation sites (tertiary alicyclic amines) is 1. The fourth-order valence-corrected chi connectivity index (χ4v) is 3.99. The van der Waals surface area contributed by atoms with Crippen molar-refractivity contribution in [3.63, 3.8) is 0 Å². The number of nitrogens with one attached hydrogen (secondary N) is 2. The molecule has 0 aromatic rings. The molecule has 1 heterocycles. The van der Waals surface area contributed by atoms with E-state index in [2.05, 4.69) is 21.9 Å². The first kappa shape index (κ1) is 17.9. The first-order chi connectivity index (χ1) is 9.53. The molecule has 0 radical (unpaired) electrons. The molecule has 1 aliphatic rings. The molecule has 0 amide bonds. The molecule has 0 bridgehead atoms. The van der Waals surface area contributed by atoms with Gasteiger partial charge < -0.3 is 10.2 Å². The van der Waals surface area contributed by atoms with Crippen molar-refractivity contribution in [2.75, 3.05) is 38.5 Å². The van der Waals surface area contributed by atoms with Crippen molar-refractivity contribution in [1.82, 2.24) is 14.9 Å². The average Bonchev–Trinajstić information content (AvgIpc) is 2.85. The lowest BCUT2D eigenvalue weighted by molar-refractivity contribution is 0.312. The zero-order valence-electron chi connectivity index (χ0n) is 13.0. The van der Waals surface area contributed by atoms with Crippen molar-refractivity contribution in [3.8, 4) is 0 Å². The summed E-state index contributed by atoms with van der Waals surface area (Å²) in [5.74, 6) is 0.241. The van der Waals surface area contributed by atoms with Gasteiger partial charge in [-0.2, -0.15) is 0 Å². The number of nitrogens with zero attached hydrogens (tertiary/aromatic N) is 1. The van der Waals surface area contributed by atoms with E-state index in [0.29, 0.717) is 0 Å². The van der Waals surface area contributed by atoms with Crippen LogP contribution in [-0.4, -0.2) is 57.8 Å². The van der Waals surface area contributed by atoms with E-state index in [1.807, 2.05) is 6.92 Å². The minimum absolute atomic E-state index is 0.0105. The third-order valence-corrected chi connectivity index (χ3v) is 5.14. The molecule has 0 aromatic carbocycles. The lowest BCUT2D eigenvalue weighted by Gasteiger charge is -2.21. The summed E-state index contributed by atoms with van der Waals surface area (Å²) in [7, 11) is -3.12. The van der Waals surface area contributed by atoms with Crippen LogP contribution in [-0.2, 0) is 10.0 Å². The highest BCUT2D eigenvalue weighted by molar-refractivity contribution is 7.89. The van der Waals surface area contributed by atoms with Crippen LogP contribution in [0, 0.1) is 0 Å². The van der Waals surface area contributed by atoms with Crippen molar-refractivity contribution in [2.45, 2.75) is 52.0 Å². The van der Waals surface area contributed by atoms with Gasteiger partial charge in [0.25, 0.3) is 0 Å². The topological polar surface area (TPSA) is 61.4 Å². The summed E-state index contributed by atoms with van der Waals surface area (Å²) >= 11 is 0. The fourth-order valence-electron chi connectivity index (χ4n) is 2.60. The molecule has 0 aromatic heterocycles. The Balaban J connectivity index is 2.12. The number of hydrogen-bond acceptors (Lipinski definition) is 4. The molecule has 120 valence electrons. The molecule has 2 N–H and O–H groups in total. The Morgan fingerprint density at radius 1 is 1.15 bits per heavy atom. The SMILES string of the molecule is CCCNCCCCS(=O)(=O)NC(C)CN1CCCC1. The highest BCUT2D eigenvalue weighted by Crippen LogP contribution is 2.08. The van der Waals surface area contributed by atoms with Gasteiger partial charge in [0.05, 0.1) is 5.75 Å². The first-order valence-electron chi connectivity index (χ1n) is 7.96. The van der Waals surface area contributed by atoms with Gasteiger partial charge in [-0.25, -0.2) is 13.1 Å². The Labute approximate surface area is 124 Å². The lowest BCUT2D eigenvalue weighted by Crippen LogP contribution is -2.42. The van der Waals surface area contributed by atoms with Crippen molar-refractivity contribution < 1.29 is 8.42 Å². The van der Waals surface area contributed by atoms with Crippen LogP contribution in [0.1, 0.15) is 46.0 Å². The summed E-state index contributed by atoms with van der Waals surface area (Å²) < 4.78 is 26.7. The van der Waals surface area contributed by atoms with Crippen LogP contribution < -0.4 is 10.0 Å². The van der Waals surface area contributed by atoms with Crippen LogP contribution in [0.15, 0.2) is 0 Å². The predicted molar refractivity (Wildman–Crippen MR) is 84.5 cm³/mol. The van der Waals surface area contributed by atoms with Gasteiger partial charge in [-0.3, -0.25) is 0 Å². The number of sulfonamides is 1. The molecule has 5 nitrogen and oxygen atoms in total. The lowest BCUT2D eigenvalue weighted by atomic mass is 10.3. The van der Waals surface area contributed by atoms with Gasteiger partial charge in [-0.15, -0.1) is 0 Å². The number of unbranched alkanes of at least 4 members (excludes halogenated alkanes) is 1. The van der Waals surface area contributed by atoms with Crippen LogP contribution in [0.4, 0.5) is 0 Å².